The Morgan fingerprint density at radius 3 is 2.70 bits per heavy atom. The molecule has 1 saturated carbocycles. The number of thiazole rings is 1. The second-order valence-corrected chi connectivity index (χ2v) is 7.51. The first-order valence-electron chi connectivity index (χ1n) is 7.13. The van der Waals surface area contributed by atoms with Crippen molar-refractivity contribution in [3.05, 3.63) is 10.7 Å². The molecule has 1 aliphatic rings. The summed E-state index contributed by atoms with van der Waals surface area (Å²) in [5.41, 5.74) is 0.972. The second-order valence-electron chi connectivity index (χ2n) is 5.34. The predicted octanol–water partition coefficient (Wildman–Crippen LogP) is 4.48. The molecule has 3 rings (SSSR count). The molecule has 0 N–H and O–H groups in total. The molecule has 0 spiro atoms. The van der Waals surface area contributed by atoms with Gasteiger partial charge in [0.25, 0.3) is 11.1 Å². The molecule has 1 fully saturated rings. The number of rotatable bonds is 4. The molecule has 0 bridgehead atoms. The highest BCUT2D eigenvalue weighted by atomic mass is 32.2. The molecule has 0 amide bonds. The van der Waals surface area contributed by atoms with Crippen LogP contribution in [0.15, 0.2) is 9.64 Å². The van der Waals surface area contributed by atoms with Gasteiger partial charge >= 0.3 is 0 Å². The van der Waals surface area contributed by atoms with Gasteiger partial charge in [-0.2, -0.15) is 0 Å². The first-order chi connectivity index (χ1) is 9.72. The van der Waals surface area contributed by atoms with Crippen LogP contribution in [-0.4, -0.2) is 20.9 Å². The van der Waals surface area contributed by atoms with Gasteiger partial charge in [0.2, 0.25) is 0 Å². The van der Waals surface area contributed by atoms with Gasteiger partial charge in [0.05, 0.1) is 10.7 Å². The van der Waals surface area contributed by atoms with E-state index in [1.807, 2.05) is 13.8 Å². The van der Waals surface area contributed by atoms with Crippen molar-refractivity contribution >= 4 is 23.1 Å². The van der Waals surface area contributed by atoms with Crippen LogP contribution in [0.4, 0.5) is 0 Å². The molecular weight excluding hydrogens is 290 g/mol. The van der Waals surface area contributed by atoms with Crippen molar-refractivity contribution < 1.29 is 4.42 Å². The molecule has 0 radical (unpaired) electrons. The minimum absolute atomic E-state index is 0.610. The Balaban J connectivity index is 1.63. The van der Waals surface area contributed by atoms with Gasteiger partial charge in [-0.05, 0) is 32.6 Å². The third-order valence-corrected chi connectivity index (χ3v) is 5.78. The first kappa shape index (κ1) is 14.1. The fraction of sp³-hybridized carbons (Fsp3) is 0.643. The lowest BCUT2D eigenvalue weighted by atomic mass is 9.91. The summed E-state index contributed by atoms with van der Waals surface area (Å²) in [6, 6.07) is 0. The van der Waals surface area contributed by atoms with E-state index < -0.39 is 0 Å². The van der Waals surface area contributed by atoms with E-state index in [0.29, 0.717) is 11.1 Å². The van der Waals surface area contributed by atoms with E-state index in [4.69, 9.17) is 4.42 Å². The molecule has 0 aromatic carbocycles. The summed E-state index contributed by atoms with van der Waals surface area (Å²) < 4.78 is 5.77. The number of nitrogens with zero attached hydrogens (tertiary/aromatic N) is 3. The summed E-state index contributed by atoms with van der Waals surface area (Å²) in [4.78, 5) is 5.40. The van der Waals surface area contributed by atoms with Crippen molar-refractivity contribution in [1.82, 2.24) is 15.2 Å². The highest BCUT2D eigenvalue weighted by Gasteiger charge is 2.18. The monoisotopic (exact) mass is 309 g/mol. The molecule has 0 saturated heterocycles. The molecular formula is C14H19N3OS2. The van der Waals surface area contributed by atoms with Crippen LogP contribution in [0.3, 0.4) is 0 Å². The van der Waals surface area contributed by atoms with Gasteiger partial charge in [-0.15, -0.1) is 21.5 Å². The Bertz CT molecular complexity index is 573. The molecule has 2 aromatic rings. The van der Waals surface area contributed by atoms with Gasteiger partial charge in [-0.1, -0.05) is 31.0 Å². The highest BCUT2D eigenvalue weighted by Crippen LogP contribution is 2.33. The molecule has 4 nitrogen and oxygen atoms in total. The summed E-state index contributed by atoms with van der Waals surface area (Å²) in [7, 11) is 0. The van der Waals surface area contributed by atoms with E-state index in [-0.39, 0.29) is 0 Å². The third-order valence-electron chi connectivity index (χ3n) is 3.67. The van der Waals surface area contributed by atoms with Crippen LogP contribution in [0.2, 0.25) is 0 Å². The van der Waals surface area contributed by atoms with Crippen molar-refractivity contribution in [3.8, 4) is 10.8 Å². The minimum Gasteiger partial charge on any atom is -0.410 e. The van der Waals surface area contributed by atoms with Crippen molar-refractivity contribution in [2.75, 3.05) is 5.75 Å². The third kappa shape index (κ3) is 3.23. The van der Waals surface area contributed by atoms with Gasteiger partial charge in [0.15, 0.2) is 0 Å². The number of hydrogen-bond donors (Lipinski definition) is 0. The zero-order valence-corrected chi connectivity index (χ0v) is 13.5. The van der Waals surface area contributed by atoms with Gasteiger partial charge in [0.1, 0.15) is 4.88 Å². The lowest BCUT2D eigenvalue weighted by Gasteiger charge is -2.19. The maximum absolute atomic E-state index is 5.77. The van der Waals surface area contributed by atoms with E-state index in [0.717, 1.165) is 27.2 Å². The Kier molecular flexibility index (Phi) is 4.41. The van der Waals surface area contributed by atoms with Crippen LogP contribution >= 0.6 is 23.1 Å². The number of thioether (sulfide) groups is 1. The lowest BCUT2D eigenvalue weighted by molar-refractivity contribution is 0.389. The van der Waals surface area contributed by atoms with E-state index in [2.05, 4.69) is 15.2 Å². The smallest absolute Gasteiger partial charge is 0.276 e. The molecule has 1 aliphatic carbocycles. The molecule has 2 heterocycles. The Morgan fingerprint density at radius 2 is 2.00 bits per heavy atom. The number of hydrogen-bond acceptors (Lipinski definition) is 6. The Labute approximate surface area is 127 Å². The van der Waals surface area contributed by atoms with Crippen LogP contribution in [0.25, 0.3) is 10.8 Å². The highest BCUT2D eigenvalue weighted by molar-refractivity contribution is 7.99. The van der Waals surface area contributed by atoms with Crippen LogP contribution in [-0.2, 0) is 0 Å². The Hall–Kier alpha value is -0.880. The van der Waals surface area contributed by atoms with Crippen LogP contribution in [0, 0.1) is 19.8 Å². The SMILES string of the molecule is Cc1nc(C)c(-c2nnc(SCC3CCCCC3)o2)s1. The molecule has 2 aromatic heterocycles. The van der Waals surface area contributed by atoms with Crippen molar-refractivity contribution in [2.45, 2.75) is 51.2 Å². The maximum atomic E-state index is 5.77. The zero-order chi connectivity index (χ0) is 13.9. The van der Waals surface area contributed by atoms with E-state index in [9.17, 15) is 0 Å². The van der Waals surface area contributed by atoms with E-state index in [1.165, 1.54) is 32.1 Å². The zero-order valence-electron chi connectivity index (χ0n) is 11.9. The average molecular weight is 309 g/mol. The van der Waals surface area contributed by atoms with E-state index >= 15 is 0 Å². The molecule has 6 heteroatoms. The topological polar surface area (TPSA) is 51.8 Å². The summed E-state index contributed by atoms with van der Waals surface area (Å²) >= 11 is 3.31. The standard InChI is InChI=1S/C14H19N3OS2/c1-9-12(20-10(2)15-9)13-16-17-14(18-13)19-8-11-6-4-3-5-7-11/h11H,3-8H2,1-2H3. The normalized spacial score (nSPS) is 16.7. The molecule has 0 unspecified atom stereocenters. The van der Waals surface area contributed by atoms with Gasteiger partial charge in [-0.25, -0.2) is 4.98 Å². The van der Waals surface area contributed by atoms with Gasteiger partial charge < -0.3 is 4.42 Å². The molecule has 0 atom stereocenters. The molecule has 20 heavy (non-hydrogen) atoms. The van der Waals surface area contributed by atoms with Crippen LogP contribution in [0.1, 0.15) is 42.8 Å². The molecule has 0 aliphatic heterocycles. The maximum Gasteiger partial charge on any atom is 0.276 e. The fourth-order valence-electron chi connectivity index (χ4n) is 2.63. The lowest BCUT2D eigenvalue weighted by Crippen LogP contribution is -2.08. The van der Waals surface area contributed by atoms with Crippen LogP contribution in [0.5, 0.6) is 0 Å². The van der Waals surface area contributed by atoms with Gasteiger partial charge in [-0.3, -0.25) is 0 Å². The number of aromatic nitrogens is 3. The van der Waals surface area contributed by atoms with Crippen molar-refractivity contribution in [1.29, 1.82) is 0 Å². The Morgan fingerprint density at radius 1 is 1.20 bits per heavy atom. The summed E-state index contributed by atoms with van der Waals surface area (Å²) in [5.74, 6) is 2.53. The van der Waals surface area contributed by atoms with Crippen LogP contribution < -0.4 is 0 Å². The largest absolute Gasteiger partial charge is 0.410 e. The quantitative estimate of drug-likeness (QED) is 0.779. The fourth-order valence-corrected chi connectivity index (χ4v) is 4.42. The minimum atomic E-state index is 0.610. The summed E-state index contributed by atoms with van der Waals surface area (Å²) in [6.45, 7) is 3.98. The summed E-state index contributed by atoms with van der Waals surface area (Å²) in [6.07, 6.45) is 6.84. The van der Waals surface area contributed by atoms with E-state index in [1.54, 1.807) is 23.1 Å². The van der Waals surface area contributed by atoms with Crippen molar-refractivity contribution in [3.63, 3.8) is 0 Å². The predicted molar refractivity (Wildman–Crippen MR) is 82.2 cm³/mol. The summed E-state index contributed by atoms with van der Waals surface area (Å²) in [5, 5.41) is 10.0. The number of aryl methyl sites for hydroxylation is 2. The second kappa shape index (κ2) is 6.26. The molecule has 108 valence electrons. The van der Waals surface area contributed by atoms with Crippen molar-refractivity contribution in [2.24, 2.45) is 5.92 Å². The van der Waals surface area contributed by atoms with Gasteiger partial charge in [0, 0.05) is 5.75 Å². The average Bonchev–Trinajstić information content (AvgIpc) is 3.04. The first-order valence-corrected chi connectivity index (χ1v) is 8.93.